The predicted octanol–water partition coefficient (Wildman–Crippen LogP) is 3.80. The zero-order chi connectivity index (χ0) is 16.4. The van der Waals surface area contributed by atoms with Crippen LogP contribution in [0.2, 0.25) is 0 Å². The highest BCUT2D eigenvalue weighted by atomic mass is 32.2. The van der Waals surface area contributed by atoms with E-state index in [1.54, 1.807) is 23.1 Å². The number of hydrogen-bond acceptors (Lipinski definition) is 5. The third-order valence-corrected chi connectivity index (χ3v) is 5.89. The summed E-state index contributed by atoms with van der Waals surface area (Å²) in [6, 6.07) is 5.98. The highest BCUT2D eigenvalue weighted by Crippen LogP contribution is 2.29. The smallest absolute Gasteiger partial charge is 0.257 e. The Bertz CT molecular complexity index is 727. The van der Waals surface area contributed by atoms with Gasteiger partial charge in [0.2, 0.25) is 0 Å². The maximum atomic E-state index is 12.6. The predicted molar refractivity (Wildman–Crippen MR) is 97.7 cm³/mol. The average Bonchev–Trinajstić information content (AvgIpc) is 2.96. The number of thioether (sulfide) groups is 1. The van der Waals surface area contributed by atoms with E-state index in [1.807, 2.05) is 31.4 Å². The van der Waals surface area contributed by atoms with E-state index in [0.717, 1.165) is 47.8 Å². The van der Waals surface area contributed by atoms with E-state index in [9.17, 15) is 4.79 Å². The van der Waals surface area contributed by atoms with Crippen LogP contribution in [0.5, 0.6) is 0 Å². The van der Waals surface area contributed by atoms with Crippen LogP contribution in [0.3, 0.4) is 0 Å². The molecular formula is C17H21N3OS2. The molecule has 0 fully saturated rings. The number of likely N-dealkylation sites (N-methyl/N-ethyl adjacent to an activating group) is 1. The van der Waals surface area contributed by atoms with Crippen molar-refractivity contribution in [2.45, 2.75) is 31.7 Å². The third kappa shape index (κ3) is 3.59. The summed E-state index contributed by atoms with van der Waals surface area (Å²) in [7, 11) is 0. The molecule has 1 N–H and O–H groups in total. The molecular weight excluding hydrogens is 326 g/mol. The van der Waals surface area contributed by atoms with Gasteiger partial charge in [0.25, 0.3) is 5.91 Å². The largest absolute Gasteiger partial charge is 0.298 e. The summed E-state index contributed by atoms with van der Waals surface area (Å²) < 4.78 is 0. The number of nitrogens with one attached hydrogen (secondary N) is 1. The monoisotopic (exact) mass is 347 g/mol. The SMILES string of the molecule is CCN1CCc2nc(NC(=O)c3cc(SC)ccc3C)sc2C1. The van der Waals surface area contributed by atoms with E-state index in [4.69, 9.17) is 0 Å². The maximum Gasteiger partial charge on any atom is 0.257 e. The highest BCUT2D eigenvalue weighted by molar-refractivity contribution is 7.98. The summed E-state index contributed by atoms with van der Waals surface area (Å²) in [5, 5.41) is 3.70. The van der Waals surface area contributed by atoms with Crippen molar-refractivity contribution >= 4 is 34.1 Å². The van der Waals surface area contributed by atoms with Crippen molar-refractivity contribution in [1.29, 1.82) is 0 Å². The van der Waals surface area contributed by atoms with Crippen LogP contribution in [0.1, 0.15) is 33.4 Å². The zero-order valence-corrected chi connectivity index (χ0v) is 15.3. The second-order valence-corrected chi connectivity index (χ2v) is 7.61. The van der Waals surface area contributed by atoms with Gasteiger partial charge in [0.05, 0.1) is 5.69 Å². The number of carbonyl (C=O) groups is 1. The van der Waals surface area contributed by atoms with Gasteiger partial charge in [-0.1, -0.05) is 13.0 Å². The van der Waals surface area contributed by atoms with Gasteiger partial charge < -0.3 is 0 Å². The van der Waals surface area contributed by atoms with E-state index in [2.05, 4.69) is 22.1 Å². The first kappa shape index (κ1) is 16.5. The van der Waals surface area contributed by atoms with Gasteiger partial charge in [-0.15, -0.1) is 23.1 Å². The number of fused-ring (bicyclic) bond motifs is 1. The fourth-order valence-electron chi connectivity index (χ4n) is 2.71. The van der Waals surface area contributed by atoms with E-state index >= 15 is 0 Å². The Morgan fingerprint density at radius 3 is 3.04 bits per heavy atom. The summed E-state index contributed by atoms with van der Waals surface area (Å²) >= 11 is 3.24. The van der Waals surface area contributed by atoms with Crippen LogP contribution in [0, 0.1) is 6.92 Å². The average molecular weight is 348 g/mol. The van der Waals surface area contributed by atoms with Crippen LogP contribution in [-0.2, 0) is 13.0 Å². The number of nitrogens with zero attached hydrogens (tertiary/aromatic N) is 2. The van der Waals surface area contributed by atoms with Gasteiger partial charge in [-0.25, -0.2) is 4.98 Å². The molecule has 1 aliphatic heterocycles. The summed E-state index contributed by atoms with van der Waals surface area (Å²) in [5.74, 6) is -0.0724. The summed E-state index contributed by atoms with van der Waals surface area (Å²) in [6.45, 7) is 7.19. The van der Waals surface area contributed by atoms with Crippen molar-refractivity contribution in [3.63, 3.8) is 0 Å². The standard InChI is InChI=1S/C17H21N3OS2/c1-4-20-8-7-14-15(10-20)23-17(18-14)19-16(21)13-9-12(22-3)6-5-11(13)2/h5-6,9H,4,7-8,10H2,1-3H3,(H,18,19,21). The van der Waals surface area contributed by atoms with Gasteiger partial charge in [0, 0.05) is 34.8 Å². The lowest BCUT2D eigenvalue weighted by atomic mass is 10.1. The summed E-state index contributed by atoms with van der Waals surface area (Å²) in [4.78, 5) is 22.0. The molecule has 3 rings (SSSR count). The molecule has 2 aromatic rings. The van der Waals surface area contributed by atoms with Gasteiger partial charge in [-0.2, -0.15) is 0 Å². The van der Waals surface area contributed by atoms with Crippen LogP contribution in [0.15, 0.2) is 23.1 Å². The summed E-state index contributed by atoms with van der Waals surface area (Å²) in [5.41, 5.74) is 2.85. The molecule has 0 bridgehead atoms. The highest BCUT2D eigenvalue weighted by Gasteiger charge is 2.21. The van der Waals surface area contributed by atoms with Crippen molar-refractivity contribution in [3.05, 3.63) is 39.9 Å². The number of carbonyl (C=O) groups excluding carboxylic acids is 1. The number of amides is 1. The molecule has 1 aromatic heterocycles. The van der Waals surface area contributed by atoms with E-state index in [0.29, 0.717) is 5.13 Å². The minimum Gasteiger partial charge on any atom is -0.298 e. The first-order chi connectivity index (χ1) is 11.1. The second-order valence-electron chi connectivity index (χ2n) is 5.64. The molecule has 1 aromatic carbocycles. The Balaban J connectivity index is 1.78. The Morgan fingerprint density at radius 2 is 2.30 bits per heavy atom. The fourth-order valence-corrected chi connectivity index (χ4v) is 4.19. The first-order valence-corrected chi connectivity index (χ1v) is 9.81. The van der Waals surface area contributed by atoms with Crippen LogP contribution in [0.25, 0.3) is 0 Å². The number of thiazole rings is 1. The fraction of sp³-hybridized carbons (Fsp3) is 0.412. The van der Waals surface area contributed by atoms with E-state index in [1.165, 1.54) is 4.88 Å². The van der Waals surface area contributed by atoms with Gasteiger partial charge >= 0.3 is 0 Å². The molecule has 23 heavy (non-hydrogen) atoms. The topological polar surface area (TPSA) is 45.2 Å². The van der Waals surface area contributed by atoms with Crippen molar-refractivity contribution in [2.75, 3.05) is 24.7 Å². The molecule has 0 atom stereocenters. The Morgan fingerprint density at radius 1 is 1.48 bits per heavy atom. The molecule has 6 heteroatoms. The van der Waals surface area contributed by atoms with Crippen molar-refractivity contribution in [2.24, 2.45) is 0 Å². The molecule has 2 heterocycles. The number of aryl methyl sites for hydroxylation is 1. The third-order valence-electron chi connectivity index (χ3n) is 4.17. The second kappa shape index (κ2) is 7.03. The van der Waals surface area contributed by atoms with Crippen LogP contribution in [-0.4, -0.2) is 35.1 Å². The minimum absolute atomic E-state index is 0.0724. The van der Waals surface area contributed by atoms with Crippen LogP contribution < -0.4 is 5.32 Å². The molecule has 1 aliphatic rings. The van der Waals surface area contributed by atoms with Gasteiger partial charge in [0.1, 0.15) is 0 Å². The number of benzene rings is 1. The van der Waals surface area contributed by atoms with E-state index in [-0.39, 0.29) is 5.91 Å². The molecule has 0 saturated carbocycles. The van der Waals surface area contributed by atoms with Crippen molar-refractivity contribution in [1.82, 2.24) is 9.88 Å². The lowest BCUT2D eigenvalue weighted by Crippen LogP contribution is -2.29. The zero-order valence-electron chi connectivity index (χ0n) is 13.7. The molecule has 0 saturated heterocycles. The minimum atomic E-state index is -0.0724. The van der Waals surface area contributed by atoms with Crippen molar-refractivity contribution < 1.29 is 4.79 Å². The van der Waals surface area contributed by atoms with Gasteiger partial charge in [-0.3, -0.25) is 15.0 Å². The molecule has 0 radical (unpaired) electrons. The van der Waals surface area contributed by atoms with Gasteiger partial charge in [-0.05, 0) is 37.4 Å². The molecule has 0 aliphatic carbocycles. The van der Waals surface area contributed by atoms with Gasteiger partial charge in [0.15, 0.2) is 5.13 Å². The number of hydrogen-bond donors (Lipinski definition) is 1. The lowest BCUT2D eigenvalue weighted by molar-refractivity contribution is 0.102. The number of rotatable bonds is 4. The maximum absolute atomic E-state index is 12.6. The normalized spacial score (nSPS) is 14.6. The summed E-state index contributed by atoms with van der Waals surface area (Å²) in [6.07, 6.45) is 2.98. The molecule has 0 spiro atoms. The quantitative estimate of drug-likeness (QED) is 0.855. The van der Waals surface area contributed by atoms with Crippen LogP contribution >= 0.6 is 23.1 Å². The van der Waals surface area contributed by atoms with E-state index < -0.39 is 0 Å². The molecule has 1 amide bonds. The Hall–Kier alpha value is -1.37. The first-order valence-electron chi connectivity index (χ1n) is 7.77. The Kier molecular flexibility index (Phi) is 5.04. The van der Waals surface area contributed by atoms with Crippen molar-refractivity contribution in [3.8, 4) is 0 Å². The number of aromatic nitrogens is 1. The lowest BCUT2D eigenvalue weighted by Gasteiger charge is -2.23. The molecule has 0 unspecified atom stereocenters. The molecule has 122 valence electrons. The van der Waals surface area contributed by atoms with Crippen LogP contribution in [0.4, 0.5) is 5.13 Å². The molecule has 4 nitrogen and oxygen atoms in total. The number of anilines is 1. The Labute approximate surface area is 145 Å².